The van der Waals surface area contributed by atoms with E-state index in [1.54, 1.807) is 0 Å². The van der Waals surface area contributed by atoms with E-state index in [0.29, 0.717) is 6.04 Å². The van der Waals surface area contributed by atoms with Gasteiger partial charge in [-0.3, -0.25) is 4.79 Å². The minimum Gasteiger partial charge on any atom is -0.357 e. The average Bonchev–Trinajstić information content (AvgIpc) is 2.62. The molecule has 5 nitrogen and oxygen atoms in total. The van der Waals surface area contributed by atoms with Gasteiger partial charge < -0.3 is 15.5 Å². The average molecular weight is 324 g/mol. The summed E-state index contributed by atoms with van der Waals surface area (Å²) < 4.78 is 0. The monoisotopic (exact) mass is 324 g/mol. The van der Waals surface area contributed by atoms with E-state index in [-0.39, 0.29) is 5.91 Å². The van der Waals surface area contributed by atoms with Crippen LogP contribution in [0.4, 0.5) is 11.5 Å². The predicted octanol–water partition coefficient (Wildman–Crippen LogP) is 2.80. The summed E-state index contributed by atoms with van der Waals surface area (Å²) in [5.74, 6) is 1.03. The Balaban J connectivity index is 1.44. The molecule has 1 aliphatic heterocycles. The lowest BCUT2D eigenvalue weighted by atomic mass is 10.0. The van der Waals surface area contributed by atoms with Gasteiger partial charge in [-0.25, -0.2) is 4.98 Å². The molecule has 1 aliphatic rings. The van der Waals surface area contributed by atoms with Gasteiger partial charge in [-0.05, 0) is 42.7 Å². The van der Waals surface area contributed by atoms with Crippen LogP contribution in [-0.2, 0) is 11.3 Å². The van der Waals surface area contributed by atoms with E-state index in [1.165, 1.54) is 12.5 Å². The summed E-state index contributed by atoms with van der Waals surface area (Å²) in [5, 5.41) is 6.42. The highest BCUT2D eigenvalue weighted by molar-refractivity contribution is 5.88. The second kappa shape index (κ2) is 7.93. The van der Waals surface area contributed by atoms with Crippen LogP contribution in [0.5, 0.6) is 0 Å². The summed E-state index contributed by atoms with van der Waals surface area (Å²) >= 11 is 0. The van der Waals surface area contributed by atoms with Crippen molar-refractivity contribution in [2.45, 2.75) is 32.4 Å². The first-order valence-electron chi connectivity index (χ1n) is 8.46. The number of hydrogen-bond acceptors (Lipinski definition) is 4. The molecule has 2 aromatic rings. The van der Waals surface area contributed by atoms with Crippen LogP contribution in [0.1, 0.15) is 25.3 Å². The molecule has 1 fully saturated rings. The Labute approximate surface area is 143 Å². The third kappa shape index (κ3) is 4.55. The maximum Gasteiger partial charge on any atom is 0.221 e. The van der Waals surface area contributed by atoms with Crippen LogP contribution < -0.4 is 15.5 Å². The molecule has 2 heterocycles. The first-order valence-corrected chi connectivity index (χ1v) is 8.46. The number of pyridine rings is 1. The van der Waals surface area contributed by atoms with Crippen molar-refractivity contribution < 1.29 is 4.79 Å². The van der Waals surface area contributed by atoms with Gasteiger partial charge in [0.25, 0.3) is 0 Å². The Bertz CT molecular complexity index is 649. The standard InChI is InChI=1S/C19H24N4O/c1-15(24)22-18-7-5-16(6-8-18)14-21-17-9-12-23(13-10-17)19-4-2-3-11-20-19/h2-8,11,17,21H,9-10,12-14H2,1H3,(H,22,24). The van der Waals surface area contributed by atoms with Crippen LogP contribution in [-0.4, -0.2) is 30.0 Å². The number of benzene rings is 1. The van der Waals surface area contributed by atoms with Crippen molar-refractivity contribution in [3.63, 3.8) is 0 Å². The fourth-order valence-corrected chi connectivity index (χ4v) is 3.02. The van der Waals surface area contributed by atoms with Gasteiger partial charge in [-0.15, -0.1) is 0 Å². The van der Waals surface area contributed by atoms with Crippen LogP contribution in [0.15, 0.2) is 48.7 Å². The van der Waals surface area contributed by atoms with Gasteiger partial charge >= 0.3 is 0 Å². The van der Waals surface area contributed by atoms with E-state index in [2.05, 4.69) is 38.7 Å². The van der Waals surface area contributed by atoms with Crippen molar-refractivity contribution in [2.24, 2.45) is 0 Å². The molecule has 0 spiro atoms. The Morgan fingerprint density at radius 1 is 1.17 bits per heavy atom. The number of carbonyl (C=O) groups is 1. The summed E-state index contributed by atoms with van der Waals surface area (Å²) in [5.41, 5.74) is 2.08. The summed E-state index contributed by atoms with van der Waals surface area (Å²) in [4.78, 5) is 17.8. The SMILES string of the molecule is CC(=O)Nc1ccc(CNC2CCN(c3ccccn3)CC2)cc1. The van der Waals surface area contributed by atoms with Crippen LogP contribution in [0, 0.1) is 0 Å². The maximum atomic E-state index is 11.0. The first kappa shape index (κ1) is 16.5. The van der Waals surface area contributed by atoms with Gasteiger partial charge in [0, 0.05) is 44.5 Å². The zero-order valence-electron chi connectivity index (χ0n) is 14.0. The lowest BCUT2D eigenvalue weighted by Gasteiger charge is -2.33. The van der Waals surface area contributed by atoms with E-state index in [4.69, 9.17) is 0 Å². The highest BCUT2D eigenvalue weighted by atomic mass is 16.1. The second-order valence-corrected chi connectivity index (χ2v) is 6.21. The molecular formula is C19H24N4O. The number of carbonyl (C=O) groups excluding carboxylic acids is 1. The normalized spacial score (nSPS) is 15.3. The second-order valence-electron chi connectivity index (χ2n) is 6.21. The van der Waals surface area contributed by atoms with Crippen LogP contribution in [0.25, 0.3) is 0 Å². The highest BCUT2D eigenvalue weighted by Crippen LogP contribution is 2.18. The fraction of sp³-hybridized carbons (Fsp3) is 0.368. The van der Waals surface area contributed by atoms with Gasteiger partial charge in [0.2, 0.25) is 5.91 Å². The van der Waals surface area contributed by atoms with Crippen molar-refractivity contribution in [3.8, 4) is 0 Å². The molecule has 1 saturated heterocycles. The number of hydrogen-bond donors (Lipinski definition) is 2. The Morgan fingerprint density at radius 3 is 2.54 bits per heavy atom. The van der Waals surface area contributed by atoms with E-state index in [9.17, 15) is 4.79 Å². The minimum atomic E-state index is -0.0412. The summed E-state index contributed by atoms with van der Waals surface area (Å²) in [6.45, 7) is 4.45. The van der Waals surface area contributed by atoms with Crippen molar-refractivity contribution in [1.82, 2.24) is 10.3 Å². The molecule has 24 heavy (non-hydrogen) atoms. The lowest BCUT2D eigenvalue weighted by Crippen LogP contribution is -2.42. The number of piperidine rings is 1. The molecule has 3 rings (SSSR count). The highest BCUT2D eigenvalue weighted by Gasteiger charge is 2.19. The lowest BCUT2D eigenvalue weighted by molar-refractivity contribution is -0.114. The molecule has 0 saturated carbocycles. The van der Waals surface area contributed by atoms with Gasteiger partial charge in [0.05, 0.1) is 0 Å². The third-order valence-electron chi connectivity index (χ3n) is 4.34. The molecule has 0 radical (unpaired) electrons. The molecule has 0 atom stereocenters. The molecule has 1 aromatic carbocycles. The molecule has 1 amide bonds. The summed E-state index contributed by atoms with van der Waals surface area (Å²) in [7, 11) is 0. The Hall–Kier alpha value is -2.40. The summed E-state index contributed by atoms with van der Waals surface area (Å²) in [6.07, 6.45) is 4.10. The Kier molecular flexibility index (Phi) is 5.43. The number of anilines is 2. The van der Waals surface area contributed by atoms with Gasteiger partial charge in [-0.2, -0.15) is 0 Å². The molecule has 1 aromatic heterocycles. The zero-order valence-corrected chi connectivity index (χ0v) is 14.0. The molecule has 0 bridgehead atoms. The van der Waals surface area contributed by atoms with Crippen molar-refractivity contribution >= 4 is 17.4 Å². The van der Waals surface area contributed by atoms with Crippen LogP contribution >= 0.6 is 0 Å². The minimum absolute atomic E-state index is 0.0412. The number of amides is 1. The molecular weight excluding hydrogens is 300 g/mol. The molecule has 5 heteroatoms. The van der Waals surface area contributed by atoms with E-state index < -0.39 is 0 Å². The Morgan fingerprint density at radius 2 is 1.92 bits per heavy atom. The van der Waals surface area contributed by atoms with Crippen molar-refractivity contribution in [3.05, 3.63) is 54.2 Å². The van der Waals surface area contributed by atoms with E-state index in [0.717, 1.165) is 44.0 Å². The van der Waals surface area contributed by atoms with E-state index in [1.807, 2.05) is 30.5 Å². The van der Waals surface area contributed by atoms with Gasteiger partial charge in [-0.1, -0.05) is 18.2 Å². The molecule has 2 N–H and O–H groups in total. The third-order valence-corrected chi connectivity index (χ3v) is 4.34. The van der Waals surface area contributed by atoms with Crippen LogP contribution in [0.3, 0.4) is 0 Å². The predicted molar refractivity (Wildman–Crippen MR) is 97.1 cm³/mol. The molecule has 126 valence electrons. The smallest absolute Gasteiger partial charge is 0.221 e. The molecule has 0 unspecified atom stereocenters. The quantitative estimate of drug-likeness (QED) is 0.888. The van der Waals surface area contributed by atoms with Crippen molar-refractivity contribution in [1.29, 1.82) is 0 Å². The van der Waals surface area contributed by atoms with Gasteiger partial charge in [0.1, 0.15) is 5.82 Å². The molecule has 0 aliphatic carbocycles. The number of aromatic nitrogens is 1. The topological polar surface area (TPSA) is 57.3 Å². The van der Waals surface area contributed by atoms with Gasteiger partial charge in [0.15, 0.2) is 0 Å². The largest absolute Gasteiger partial charge is 0.357 e. The summed E-state index contributed by atoms with van der Waals surface area (Å²) in [6, 6.07) is 14.6. The van der Waals surface area contributed by atoms with Crippen molar-refractivity contribution in [2.75, 3.05) is 23.3 Å². The number of rotatable bonds is 5. The van der Waals surface area contributed by atoms with Crippen LogP contribution in [0.2, 0.25) is 0 Å². The van der Waals surface area contributed by atoms with E-state index >= 15 is 0 Å². The zero-order chi connectivity index (χ0) is 16.8. The number of nitrogens with zero attached hydrogens (tertiary/aromatic N) is 2. The fourth-order valence-electron chi connectivity index (χ4n) is 3.02. The first-order chi connectivity index (χ1) is 11.7. The maximum absolute atomic E-state index is 11.0. The number of nitrogens with one attached hydrogen (secondary N) is 2.